The average Bonchev–Trinajstić information content (AvgIpc) is 3.68. The Hall–Kier alpha value is -4.38. The molecule has 4 aromatic rings. The summed E-state index contributed by atoms with van der Waals surface area (Å²) in [6.45, 7) is 8.03. The number of ether oxygens (including phenoxy) is 2. The van der Waals surface area contributed by atoms with Crippen LogP contribution in [0.3, 0.4) is 0 Å². The Bertz CT molecular complexity index is 1550. The number of hydrogen-bond donors (Lipinski definition) is 4. The van der Waals surface area contributed by atoms with Gasteiger partial charge in [-0.05, 0) is 76.6 Å². The Labute approximate surface area is 258 Å². The third-order valence-electron chi connectivity index (χ3n) is 7.88. The number of pyridine rings is 1. The quantitative estimate of drug-likeness (QED) is 0.187. The van der Waals surface area contributed by atoms with Crippen molar-refractivity contribution in [3.8, 4) is 5.69 Å². The molecule has 4 N–H and O–H groups in total. The van der Waals surface area contributed by atoms with E-state index in [4.69, 9.17) is 9.47 Å². The Kier molecular flexibility index (Phi) is 9.53. The van der Waals surface area contributed by atoms with Gasteiger partial charge in [-0.25, -0.2) is 14.8 Å². The first-order chi connectivity index (χ1) is 21.1. The van der Waals surface area contributed by atoms with Gasteiger partial charge in [0.1, 0.15) is 11.2 Å². The molecule has 11 nitrogen and oxygen atoms in total. The topological polar surface area (TPSA) is 135 Å². The molecule has 3 aromatic heterocycles. The standard InChI is InChI=1S/C33H43N7O4/c1-6-22-17-26-28(37-23-9-11-24(12-10-23)39-32(42)44-33(2,3)4)27(19-35-30(26)38-22)29(43-5)31(41)36-18-21-7-13-25(14-8-21)40-16-15-34-20-40/h7-8,13-17,19-20,23-24,29H,6,9-12,18H2,1-5H3,(H,36,41)(H,39,42)(H2,35,37,38). The highest BCUT2D eigenvalue weighted by Gasteiger charge is 2.29. The SMILES string of the molecule is CCc1cc2c(NC3CCC(NC(=O)OC(C)(C)C)CC3)c(C(OC)C(=O)NCc3ccc(-n4ccnc4)cc3)cnc2[nH]1. The Morgan fingerprint density at radius 1 is 1.11 bits per heavy atom. The predicted molar refractivity (Wildman–Crippen MR) is 170 cm³/mol. The van der Waals surface area contributed by atoms with Crippen LogP contribution in [-0.2, 0) is 27.2 Å². The van der Waals surface area contributed by atoms with Crippen LogP contribution >= 0.6 is 0 Å². The third kappa shape index (κ3) is 7.57. The maximum atomic E-state index is 13.5. The predicted octanol–water partition coefficient (Wildman–Crippen LogP) is 5.56. The van der Waals surface area contributed by atoms with Crippen LogP contribution in [0.5, 0.6) is 0 Å². The number of anilines is 1. The fraction of sp³-hybridized carbons (Fsp3) is 0.455. The van der Waals surface area contributed by atoms with Crippen molar-refractivity contribution < 1.29 is 19.1 Å². The van der Waals surface area contributed by atoms with Crippen LogP contribution in [0.25, 0.3) is 16.7 Å². The van der Waals surface area contributed by atoms with Gasteiger partial charge in [-0.1, -0.05) is 19.1 Å². The molecule has 5 rings (SSSR count). The molecular formula is C33H43N7O4. The van der Waals surface area contributed by atoms with Gasteiger partial charge >= 0.3 is 6.09 Å². The Morgan fingerprint density at radius 3 is 2.48 bits per heavy atom. The van der Waals surface area contributed by atoms with Crippen molar-refractivity contribution in [1.82, 2.24) is 30.2 Å². The van der Waals surface area contributed by atoms with Crippen LogP contribution < -0.4 is 16.0 Å². The van der Waals surface area contributed by atoms with Crippen molar-refractivity contribution in [2.24, 2.45) is 0 Å². The van der Waals surface area contributed by atoms with E-state index in [1.165, 1.54) is 0 Å². The summed E-state index contributed by atoms with van der Waals surface area (Å²) in [6, 6.07) is 10.3. The molecule has 0 spiro atoms. The van der Waals surface area contributed by atoms with E-state index in [0.717, 1.165) is 65.8 Å². The molecular weight excluding hydrogens is 558 g/mol. The van der Waals surface area contributed by atoms with Gasteiger partial charge in [0, 0.05) is 66.7 Å². The fourth-order valence-electron chi connectivity index (χ4n) is 5.61. The van der Waals surface area contributed by atoms with Crippen molar-refractivity contribution in [3.05, 3.63) is 72.1 Å². The van der Waals surface area contributed by atoms with Gasteiger partial charge in [0.2, 0.25) is 0 Å². The molecule has 1 saturated carbocycles. The van der Waals surface area contributed by atoms with Gasteiger partial charge in [-0.3, -0.25) is 4.79 Å². The number of imidazole rings is 1. The molecule has 44 heavy (non-hydrogen) atoms. The number of H-pyrrole nitrogens is 1. The lowest BCUT2D eigenvalue weighted by Crippen LogP contribution is -2.42. The molecule has 1 aliphatic carbocycles. The minimum Gasteiger partial charge on any atom is -0.444 e. The van der Waals surface area contributed by atoms with Crippen LogP contribution in [0.2, 0.25) is 0 Å². The minimum atomic E-state index is -0.857. The lowest BCUT2D eigenvalue weighted by molar-refractivity contribution is -0.131. The largest absolute Gasteiger partial charge is 0.444 e. The maximum Gasteiger partial charge on any atom is 0.407 e. The molecule has 1 fully saturated rings. The van der Waals surface area contributed by atoms with Gasteiger partial charge in [0.05, 0.1) is 12.0 Å². The summed E-state index contributed by atoms with van der Waals surface area (Å²) in [5.74, 6) is -0.244. The molecule has 1 atom stereocenters. The molecule has 1 aliphatic rings. The van der Waals surface area contributed by atoms with Gasteiger partial charge in [-0.15, -0.1) is 0 Å². The molecule has 0 bridgehead atoms. The average molecular weight is 602 g/mol. The summed E-state index contributed by atoms with van der Waals surface area (Å²) < 4.78 is 13.2. The first-order valence-corrected chi connectivity index (χ1v) is 15.3. The summed E-state index contributed by atoms with van der Waals surface area (Å²) in [4.78, 5) is 37.9. The lowest BCUT2D eigenvalue weighted by Gasteiger charge is -2.32. The number of carbonyl (C=O) groups is 2. The van der Waals surface area contributed by atoms with Crippen LogP contribution in [0, 0.1) is 0 Å². The molecule has 0 saturated heterocycles. The monoisotopic (exact) mass is 601 g/mol. The van der Waals surface area contributed by atoms with E-state index in [1.54, 1.807) is 25.8 Å². The Balaban J connectivity index is 1.29. The third-order valence-corrected chi connectivity index (χ3v) is 7.88. The highest BCUT2D eigenvalue weighted by molar-refractivity contribution is 5.95. The first-order valence-electron chi connectivity index (χ1n) is 15.3. The highest BCUT2D eigenvalue weighted by Crippen LogP contribution is 2.35. The summed E-state index contributed by atoms with van der Waals surface area (Å²) in [5.41, 5.74) is 4.80. The van der Waals surface area contributed by atoms with E-state index >= 15 is 0 Å². The van der Waals surface area contributed by atoms with Crippen LogP contribution in [0.4, 0.5) is 10.5 Å². The van der Waals surface area contributed by atoms with Crippen molar-refractivity contribution in [1.29, 1.82) is 0 Å². The van der Waals surface area contributed by atoms with E-state index in [0.29, 0.717) is 12.1 Å². The molecule has 0 aliphatic heterocycles. The second-order valence-corrected chi connectivity index (χ2v) is 12.3. The summed E-state index contributed by atoms with van der Waals surface area (Å²) >= 11 is 0. The summed E-state index contributed by atoms with van der Waals surface area (Å²) in [7, 11) is 1.54. The van der Waals surface area contributed by atoms with E-state index < -0.39 is 11.7 Å². The minimum absolute atomic E-state index is 0.0605. The number of nitrogens with one attached hydrogen (secondary N) is 4. The van der Waals surface area contributed by atoms with Crippen LogP contribution in [0.15, 0.2) is 55.2 Å². The van der Waals surface area contributed by atoms with E-state index in [1.807, 2.05) is 55.8 Å². The van der Waals surface area contributed by atoms with Gasteiger partial charge in [-0.2, -0.15) is 0 Å². The number of carbonyl (C=O) groups excluding carboxylic acids is 2. The van der Waals surface area contributed by atoms with Gasteiger partial charge < -0.3 is 35.0 Å². The van der Waals surface area contributed by atoms with Gasteiger partial charge in [0.25, 0.3) is 5.91 Å². The number of rotatable bonds is 10. The molecule has 2 amide bonds. The molecule has 1 unspecified atom stereocenters. The van der Waals surface area contributed by atoms with Crippen molar-refractivity contribution >= 4 is 28.7 Å². The number of aryl methyl sites for hydroxylation is 1. The van der Waals surface area contributed by atoms with Crippen LogP contribution in [-0.4, -0.2) is 56.3 Å². The number of nitrogens with zero attached hydrogens (tertiary/aromatic N) is 3. The fourth-order valence-corrected chi connectivity index (χ4v) is 5.61. The summed E-state index contributed by atoms with van der Waals surface area (Å²) in [6.07, 6.45) is 10.0. The van der Waals surface area contributed by atoms with Crippen LogP contribution in [0.1, 0.15) is 76.3 Å². The zero-order chi connectivity index (χ0) is 31.3. The zero-order valence-corrected chi connectivity index (χ0v) is 26.1. The van der Waals surface area contributed by atoms with E-state index in [-0.39, 0.29) is 24.1 Å². The number of amides is 2. The lowest BCUT2D eigenvalue weighted by atomic mass is 9.90. The number of alkyl carbamates (subject to hydrolysis) is 1. The number of benzene rings is 1. The second-order valence-electron chi connectivity index (χ2n) is 12.3. The van der Waals surface area contributed by atoms with Crippen molar-refractivity contribution in [2.75, 3.05) is 12.4 Å². The van der Waals surface area contributed by atoms with E-state index in [2.05, 4.69) is 43.9 Å². The normalized spacial score (nSPS) is 17.7. The zero-order valence-electron chi connectivity index (χ0n) is 26.1. The van der Waals surface area contributed by atoms with Crippen molar-refractivity contribution in [3.63, 3.8) is 0 Å². The van der Waals surface area contributed by atoms with Crippen molar-refractivity contribution in [2.45, 2.75) is 90.1 Å². The molecule has 11 heteroatoms. The van der Waals surface area contributed by atoms with Gasteiger partial charge in [0.15, 0.2) is 6.10 Å². The number of hydrogen-bond acceptors (Lipinski definition) is 7. The second kappa shape index (κ2) is 13.5. The molecule has 3 heterocycles. The van der Waals surface area contributed by atoms with E-state index in [9.17, 15) is 9.59 Å². The number of aromatic amines is 1. The smallest absolute Gasteiger partial charge is 0.407 e. The molecule has 1 aromatic carbocycles. The first kappa shape index (κ1) is 31.1. The Morgan fingerprint density at radius 2 is 1.84 bits per heavy atom. The number of fused-ring (bicyclic) bond motifs is 1. The highest BCUT2D eigenvalue weighted by atomic mass is 16.6. The maximum absolute atomic E-state index is 13.5. The number of aromatic nitrogens is 4. The molecule has 0 radical (unpaired) electrons. The molecule has 234 valence electrons. The summed E-state index contributed by atoms with van der Waals surface area (Å²) in [5, 5.41) is 10.7. The number of methoxy groups -OCH3 is 1.